The highest BCUT2D eigenvalue weighted by atomic mass is 32.2. The molecule has 0 radical (unpaired) electrons. The number of H-pyrrole nitrogens is 1. The molecule has 3 aliphatic heterocycles. The Labute approximate surface area is 212 Å². The molecule has 0 bridgehead atoms. The van der Waals surface area contributed by atoms with Crippen LogP contribution in [0.15, 0.2) is 30.5 Å². The maximum atomic E-state index is 12.6. The number of nitrogens with zero attached hydrogens (tertiary/aromatic N) is 2. The number of thioether (sulfide) groups is 1. The molecule has 1 aromatic carbocycles. The molecule has 3 amide bonds. The maximum Gasteiger partial charge on any atom is 0.289 e. The number of benzene rings is 1. The number of hydrogen-bond donors (Lipinski definition) is 3. The fourth-order valence-electron chi connectivity index (χ4n) is 4.00. The summed E-state index contributed by atoms with van der Waals surface area (Å²) in [6.45, 7) is 4.40. The summed E-state index contributed by atoms with van der Waals surface area (Å²) < 4.78 is 31.3. The normalized spacial score (nSPS) is 19.3. The van der Waals surface area contributed by atoms with Crippen LogP contribution in [0.4, 0.5) is 10.5 Å². The number of aromatic amines is 1. The number of carbonyl (C=O) groups excluding carboxylic acids is 3. The standard InChI is InChI=1S/C22H22N4O4S.CH4O3S/c27-20-13-31-22(29)26(20)12-14-1-2-19-17(8-14)18(21(28)24-19)9-16-7-15(10-23-16)11-25-3-5-30-6-4-25;1-5(2,3)4/h1-2,7-10,23H,3-6,11-13H2,(H,24,28);1H3,(H,2,3,4)/b18-9-;. The molecule has 11 nitrogen and oxygen atoms in total. The molecular weight excluding hydrogens is 508 g/mol. The Hall–Kier alpha value is -2.97. The van der Waals surface area contributed by atoms with E-state index in [9.17, 15) is 22.8 Å². The predicted octanol–water partition coefficient (Wildman–Crippen LogP) is 2.04. The number of imide groups is 1. The van der Waals surface area contributed by atoms with Crippen molar-refractivity contribution in [2.24, 2.45) is 0 Å². The molecule has 3 N–H and O–H groups in total. The first-order chi connectivity index (χ1) is 17.1. The molecular formula is C23H26N4O7S2. The number of amides is 3. The summed E-state index contributed by atoms with van der Waals surface area (Å²) in [5.74, 6) is -0.158. The van der Waals surface area contributed by atoms with Gasteiger partial charge < -0.3 is 15.0 Å². The first-order valence-corrected chi connectivity index (χ1v) is 13.9. The zero-order valence-electron chi connectivity index (χ0n) is 19.5. The highest BCUT2D eigenvalue weighted by Crippen LogP contribution is 2.34. The highest BCUT2D eigenvalue weighted by molar-refractivity contribution is 8.14. The van der Waals surface area contributed by atoms with Gasteiger partial charge in [-0.05, 0) is 35.4 Å². The van der Waals surface area contributed by atoms with Crippen LogP contribution in [-0.2, 0) is 37.5 Å². The van der Waals surface area contributed by atoms with Gasteiger partial charge in [-0.15, -0.1) is 0 Å². The van der Waals surface area contributed by atoms with Crippen molar-refractivity contribution < 1.29 is 32.1 Å². The predicted molar refractivity (Wildman–Crippen MR) is 136 cm³/mol. The van der Waals surface area contributed by atoms with Crippen LogP contribution in [0.1, 0.15) is 22.4 Å². The van der Waals surface area contributed by atoms with Crippen molar-refractivity contribution >= 4 is 56.3 Å². The summed E-state index contributed by atoms with van der Waals surface area (Å²) in [6.07, 6.45) is 4.52. The molecule has 4 heterocycles. The third kappa shape index (κ3) is 6.83. The third-order valence-electron chi connectivity index (χ3n) is 5.62. The topological polar surface area (TPSA) is 149 Å². The van der Waals surface area contributed by atoms with E-state index in [1.165, 1.54) is 4.90 Å². The molecule has 0 spiro atoms. The van der Waals surface area contributed by atoms with Gasteiger partial charge in [0.1, 0.15) is 0 Å². The first kappa shape index (κ1) is 26.1. The van der Waals surface area contributed by atoms with E-state index in [0.29, 0.717) is 11.8 Å². The number of fused-ring (bicyclic) bond motifs is 1. The van der Waals surface area contributed by atoms with Gasteiger partial charge in [0.2, 0.25) is 5.91 Å². The van der Waals surface area contributed by atoms with E-state index >= 15 is 0 Å². The van der Waals surface area contributed by atoms with E-state index in [2.05, 4.69) is 21.3 Å². The zero-order chi connectivity index (χ0) is 25.9. The molecule has 192 valence electrons. The number of rotatable bonds is 5. The Morgan fingerprint density at radius 3 is 2.50 bits per heavy atom. The number of hydrogen-bond acceptors (Lipinski definition) is 8. The van der Waals surface area contributed by atoms with Gasteiger partial charge in [-0.2, -0.15) is 8.42 Å². The van der Waals surface area contributed by atoms with Crippen LogP contribution >= 0.6 is 11.8 Å². The summed E-state index contributed by atoms with van der Waals surface area (Å²) in [5, 5.41) is 2.66. The molecule has 0 atom stereocenters. The lowest BCUT2D eigenvalue weighted by Gasteiger charge is -2.25. The fraction of sp³-hybridized carbons (Fsp3) is 0.348. The zero-order valence-corrected chi connectivity index (χ0v) is 21.2. The minimum Gasteiger partial charge on any atom is -0.379 e. The number of anilines is 1. The van der Waals surface area contributed by atoms with E-state index in [-0.39, 0.29) is 29.4 Å². The monoisotopic (exact) mass is 534 g/mol. The van der Waals surface area contributed by atoms with Crippen LogP contribution in [0.25, 0.3) is 11.6 Å². The van der Waals surface area contributed by atoms with Gasteiger partial charge in [0, 0.05) is 42.8 Å². The number of carbonyl (C=O) groups is 3. The van der Waals surface area contributed by atoms with Crippen molar-refractivity contribution in [3.8, 4) is 0 Å². The molecule has 0 unspecified atom stereocenters. The molecule has 0 saturated carbocycles. The van der Waals surface area contributed by atoms with Gasteiger partial charge in [0.25, 0.3) is 21.3 Å². The largest absolute Gasteiger partial charge is 0.379 e. The molecule has 5 rings (SSSR count). The van der Waals surface area contributed by atoms with E-state index in [4.69, 9.17) is 9.29 Å². The second-order valence-electron chi connectivity index (χ2n) is 8.51. The van der Waals surface area contributed by atoms with Gasteiger partial charge in [0.05, 0.1) is 37.3 Å². The molecule has 13 heteroatoms. The van der Waals surface area contributed by atoms with Crippen molar-refractivity contribution in [2.45, 2.75) is 13.1 Å². The molecule has 2 saturated heterocycles. The highest BCUT2D eigenvalue weighted by Gasteiger charge is 2.31. The van der Waals surface area contributed by atoms with E-state index < -0.39 is 10.1 Å². The molecule has 2 aromatic rings. The lowest BCUT2D eigenvalue weighted by Crippen LogP contribution is -2.35. The Morgan fingerprint density at radius 2 is 1.83 bits per heavy atom. The maximum absolute atomic E-state index is 12.6. The van der Waals surface area contributed by atoms with Gasteiger partial charge in [-0.1, -0.05) is 17.8 Å². The quantitative estimate of drug-likeness (QED) is 0.387. The van der Waals surface area contributed by atoms with Crippen LogP contribution in [0.3, 0.4) is 0 Å². The average molecular weight is 535 g/mol. The molecule has 2 fully saturated rings. The van der Waals surface area contributed by atoms with E-state index in [1.54, 1.807) is 0 Å². The average Bonchev–Trinajstić information content (AvgIpc) is 3.48. The van der Waals surface area contributed by atoms with Crippen molar-refractivity contribution in [1.82, 2.24) is 14.8 Å². The Balaban J connectivity index is 0.000000556. The smallest absolute Gasteiger partial charge is 0.289 e. The van der Waals surface area contributed by atoms with Crippen molar-refractivity contribution in [1.29, 1.82) is 0 Å². The number of nitrogens with one attached hydrogen (secondary N) is 2. The fourth-order valence-corrected chi connectivity index (χ4v) is 4.72. The summed E-state index contributed by atoms with van der Waals surface area (Å²) in [6, 6.07) is 7.58. The Morgan fingerprint density at radius 1 is 1.11 bits per heavy atom. The Kier molecular flexibility index (Phi) is 7.95. The van der Waals surface area contributed by atoms with Crippen molar-refractivity contribution in [3.63, 3.8) is 0 Å². The van der Waals surface area contributed by atoms with Crippen LogP contribution in [0.2, 0.25) is 0 Å². The second-order valence-corrected chi connectivity index (χ2v) is 10.9. The Bertz CT molecular complexity index is 1290. The number of morpholine rings is 1. The van der Waals surface area contributed by atoms with Gasteiger partial charge in [0.15, 0.2) is 0 Å². The second kappa shape index (κ2) is 11.0. The van der Waals surface area contributed by atoms with E-state index in [1.807, 2.05) is 30.5 Å². The molecule has 36 heavy (non-hydrogen) atoms. The number of ether oxygens (including phenoxy) is 1. The summed E-state index contributed by atoms with van der Waals surface area (Å²) in [7, 11) is -3.67. The molecule has 3 aliphatic rings. The summed E-state index contributed by atoms with van der Waals surface area (Å²) >= 11 is 1.02. The van der Waals surface area contributed by atoms with E-state index in [0.717, 1.165) is 72.7 Å². The summed E-state index contributed by atoms with van der Waals surface area (Å²) in [5.41, 5.74) is 4.89. The minimum atomic E-state index is -3.67. The molecule has 1 aromatic heterocycles. The van der Waals surface area contributed by atoms with Crippen LogP contribution in [0.5, 0.6) is 0 Å². The first-order valence-electron chi connectivity index (χ1n) is 11.1. The van der Waals surface area contributed by atoms with Crippen LogP contribution < -0.4 is 5.32 Å². The third-order valence-corrected chi connectivity index (χ3v) is 6.48. The lowest BCUT2D eigenvalue weighted by molar-refractivity contribution is -0.125. The van der Waals surface area contributed by atoms with Crippen LogP contribution in [0, 0.1) is 0 Å². The van der Waals surface area contributed by atoms with Crippen molar-refractivity contribution in [2.75, 3.05) is 43.6 Å². The van der Waals surface area contributed by atoms with Gasteiger partial charge in [-0.25, -0.2) is 0 Å². The van der Waals surface area contributed by atoms with Gasteiger partial charge in [-0.3, -0.25) is 28.7 Å². The summed E-state index contributed by atoms with van der Waals surface area (Å²) in [4.78, 5) is 43.2. The number of aromatic nitrogens is 1. The minimum absolute atomic E-state index is 0.166. The van der Waals surface area contributed by atoms with Crippen LogP contribution in [-0.4, -0.2) is 83.1 Å². The van der Waals surface area contributed by atoms with Crippen molar-refractivity contribution in [3.05, 3.63) is 52.8 Å². The SMILES string of the molecule is CS(=O)(=O)O.O=C1Nc2ccc(CN3C(=O)CSC3=O)cc2/C1=C/c1cc(CN2CCOCC2)c[nH]1. The lowest BCUT2D eigenvalue weighted by atomic mass is 10.0. The molecule has 0 aliphatic carbocycles. The van der Waals surface area contributed by atoms with Gasteiger partial charge >= 0.3 is 0 Å².